The molecule has 0 aliphatic carbocycles. The lowest BCUT2D eigenvalue weighted by atomic mass is 10.1. The maximum atomic E-state index is 13.1. The standard InChI is InChI=1S/C10H12FN/c1-8-4-3-5-9(6-8)10(11)7-12-2/h3-7,12H,1-2H3/b10-7+. The number of hydrogen-bond donors (Lipinski definition) is 1. The van der Waals surface area contributed by atoms with Crippen molar-refractivity contribution in [2.45, 2.75) is 6.92 Å². The Balaban J connectivity index is 2.95. The van der Waals surface area contributed by atoms with Crippen LogP contribution in [0.25, 0.3) is 5.83 Å². The van der Waals surface area contributed by atoms with Crippen LogP contribution in [0.3, 0.4) is 0 Å². The fraction of sp³-hybridized carbons (Fsp3) is 0.200. The van der Waals surface area contributed by atoms with Gasteiger partial charge in [-0.1, -0.05) is 23.8 Å². The maximum Gasteiger partial charge on any atom is 0.146 e. The zero-order valence-electron chi connectivity index (χ0n) is 7.26. The average molecular weight is 165 g/mol. The highest BCUT2D eigenvalue weighted by molar-refractivity contribution is 5.59. The summed E-state index contributed by atoms with van der Waals surface area (Å²) in [5.41, 5.74) is 1.68. The van der Waals surface area contributed by atoms with Crippen molar-refractivity contribution in [3.63, 3.8) is 0 Å². The van der Waals surface area contributed by atoms with Gasteiger partial charge in [0.05, 0.1) is 0 Å². The van der Waals surface area contributed by atoms with Gasteiger partial charge in [0.25, 0.3) is 0 Å². The molecule has 1 rings (SSSR count). The second-order valence-electron chi connectivity index (χ2n) is 2.65. The fourth-order valence-electron chi connectivity index (χ4n) is 1.00. The number of rotatable bonds is 2. The van der Waals surface area contributed by atoms with Crippen molar-refractivity contribution >= 4 is 5.83 Å². The summed E-state index contributed by atoms with van der Waals surface area (Å²) >= 11 is 0. The lowest BCUT2D eigenvalue weighted by molar-refractivity contribution is 0.751. The topological polar surface area (TPSA) is 12.0 Å². The van der Waals surface area contributed by atoms with Gasteiger partial charge in [0.2, 0.25) is 0 Å². The van der Waals surface area contributed by atoms with Crippen LogP contribution in [-0.4, -0.2) is 7.05 Å². The number of benzene rings is 1. The minimum Gasteiger partial charge on any atom is -0.392 e. The van der Waals surface area contributed by atoms with Gasteiger partial charge in [0, 0.05) is 18.8 Å². The van der Waals surface area contributed by atoms with Crippen LogP contribution in [0.1, 0.15) is 11.1 Å². The molecule has 1 N–H and O–H groups in total. The zero-order chi connectivity index (χ0) is 8.97. The normalized spacial score (nSPS) is 11.4. The predicted molar refractivity (Wildman–Crippen MR) is 49.3 cm³/mol. The van der Waals surface area contributed by atoms with Gasteiger partial charge in [-0.05, 0) is 13.0 Å². The SMILES string of the molecule is CN/C=C(/F)c1cccc(C)c1. The molecule has 1 nitrogen and oxygen atoms in total. The minimum absolute atomic E-state index is 0.235. The van der Waals surface area contributed by atoms with Crippen molar-refractivity contribution in [2.75, 3.05) is 7.05 Å². The zero-order valence-corrected chi connectivity index (χ0v) is 7.26. The third kappa shape index (κ3) is 2.09. The second kappa shape index (κ2) is 3.90. The highest BCUT2D eigenvalue weighted by atomic mass is 19.1. The van der Waals surface area contributed by atoms with Gasteiger partial charge in [-0.25, -0.2) is 4.39 Å². The molecule has 1 aromatic carbocycles. The lowest BCUT2D eigenvalue weighted by Gasteiger charge is -1.98. The van der Waals surface area contributed by atoms with Crippen LogP contribution in [0.15, 0.2) is 30.5 Å². The number of hydrogen-bond acceptors (Lipinski definition) is 1. The molecular weight excluding hydrogens is 153 g/mol. The number of aryl methyl sites for hydroxylation is 1. The molecule has 0 aromatic heterocycles. The Labute approximate surface area is 71.9 Å². The summed E-state index contributed by atoms with van der Waals surface area (Å²) < 4.78 is 13.1. The Morgan fingerprint density at radius 2 is 2.25 bits per heavy atom. The average Bonchev–Trinajstić information content (AvgIpc) is 2.05. The summed E-state index contributed by atoms with van der Waals surface area (Å²) in [6.07, 6.45) is 1.34. The molecule has 0 aliphatic heterocycles. The van der Waals surface area contributed by atoms with Crippen molar-refractivity contribution in [2.24, 2.45) is 0 Å². The van der Waals surface area contributed by atoms with E-state index in [1.165, 1.54) is 6.20 Å². The minimum atomic E-state index is -0.235. The van der Waals surface area contributed by atoms with Crippen LogP contribution >= 0.6 is 0 Å². The van der Waals surface area contributed by atoms with E-state index < -0.39 is 0 Å². The van der Waals surface area contributed by atoms with Crippen LogP contribution in [0, 0.1) is 6.92 Å². The van der Waals surface area contributed by atoms with Gasteiger partial charge in [-0.2, -0.15) is 0 Å². The smallest absolute Gasteiger partial charge is 0.146 e. The largest absolute Gasteiger partial charge is 0.392 e. The van der Waals surface area contributed by atoms with E-state index in [2.05, 4.69) is 5.32 Å². The molecule has 0 amide bonds. The molecule has 64 valence electrons. The van der Waals surface area contributed by atoms with Crippen LogP contribution in [-0.2, 0) is 0 Å². The molecule has 0 heterocycles. The summed E-state index contributed by atoms with van der Waals surface area (Å²) in [6, 6.07) is 7.34. The lowest BCUT2D eigenvalue weighted by Crippen LogP contribution is -1.93. The van der Waals surface area contributed by atoms with Crippen molar-refractivity contribution in [3.05, 3.63) is 41.6 Å². The molecule has 1 aromatic rings. The van der Waals surface area contributed by atoms with Gasteiger partial charge in [0.1, 0.15) is 5.83 Å². The molecule has 2 heteroatoms. The quantitative estimate of drug-likeness (QED) is 0.709. The summed E-state index contributed by atoms with van der Waals surface area (Å²) in [5, 5.41) is 2.65. The first kappa shape index (κ1) is 8.78. The van der Waals surface area contributed by atoms with E-state index >= 15 is 0 Å². The highest BCUT2D eigenvalue weighted by Crippen LogP contribution is 2.15. The van der Waals surface area contributed by atoms with Crippen molar-refractivity contribution in [3.8, 4) is 0 Å². The molecule has 0 unspecified atom stereocenters. The Morgan fingerprint density at radius 1 is 1.50 bits per heavy atom. The van der Waals surface area contributed by atoms with E-state index in [0.29, 0.717) is 5.56 Å². The predicted octanol–water partition coefficient (Wildman–Crippen LogP) is 2.48. The van der Waals surface area contributed by atoms with Gasteiger partial charge >= 0.3 is 0 Å². The first-order chi connectivity index (χ1) is 5.74. The Bertz CT molecular complexity index is 292. The van der Waals surface area contributed by atoms with E-state index in [-0.39, 0.29) is 5.83 Å². The third-order valence-corrected chi connectivity index (χ3v) is 1.56. The summed E-state index contributed by atoms with van der Waals surface area (Å²) in [4.78, 5) is 0. The first-order valence-corrected chi connectivity index (χ1v) is 3.84. The van der Waals surface area contributed by atoms with Crippen molar-refractivity contribution in [1.82, 2.24) is 5.32 Å². The van der Waals surface area contributed by atoms with E-state index in [9.17, 15) is 4.39 Å². The fourth-order valence-corrected chi connectivity index (χ4v) is 1.00. The summed E-state index contributed by atoms with van der Waals surface area (Å²) in [6.45, 7) is 1.94. The van der Waals surface area contributed by atoms with E-state index in [1.54, 1.807) is 13.1 Å². The third-order valence-electron chi connectivity index (χ3n) is 1.56. The molecule has 0 spiro atoms. The molecule has 0 atom stereocenters. The maximum absolute atomic E-state index is 13.1. The molecule has 0 saturated heterocycles. The molecule has 0 saturated carbocycles. The first-order valence-electron chi connectivity index (χ1n) is 3.84. The second-order valence-corrected chi connectivity index (χ2v) is 2.65. The molecule has 0 aliphatic rings. The summed E-state index contributed by atoms with van der Waals surface area (Å²) in [5.74, 6) is -0.235. The van der Waals surface area contributed by atoms with Crippen molar-refractivity contribution in [1.29, 1.82) is 0 Å². The van der Waals surface area contributed by atoms with Crippen LogP contribution in [0.5, 0.6) is 0 Å². The molecule has 0 radical (unpaired) electrons. The Kier molecular flexibility index (Phi) is 2.86. The van der Waals surface area contributed by atoms with Gasteiger partial charge in [0.15, 0.2) is 0 Å². The number of nitrogens with one attached hydrogen (secondary N) is 1. The van der Waals surface area contributed by atoms with Gasteiger partial charge < -0.3 is 5.32 Å². The molecule has 12 heavy (non-hydrogen) atoms. The van der Waals surface area contributed by atoms with E-state index in [1.807, 2.05) is 25.1 Å². The van der Waals surface area contributed by atoms with E-state index in [0.717, 1.165) is 5.56 Å². The number of halogens is 1. The van der Waals surface area contributed by atoms with Crippen LogP contribution in [0.4, 0.5) is 4.39 Å². The Morgan fingerprint density at radius 3 is 2.83 bits per heavy atom. The molecule has 0 bridgehead atoms. The Hall–Kier alpha value is -1.31. The van der Waals surface area contributed by atoms with Crippen LogP contribution in [0.2, 0.25) is 0 Å². The van der Waals surface area contributed by atoms with E-state index in [4.69, 9.17) is 0 Å². The van der Waals surface area contributed by atoms with Crippen LogP contribution < -0.4 is 5.32 Å². The highest BCUT2D eigenvalue weighted by Gasteiger charge is 1.97. The van der Waals surface area contributed by atoms with Gasteiger partial charge in [-0.15, -0.1) is 0 Å². The molecule has 0 fully saturated rings. The van der Waals surface area contributed by atoms with Gasteiger partial charge in [-0.3, -0.25) is 0 Å². The molecular formula is C10H12FN. The summed E-state index contributed by atoms with van der Waals surface area (Å²) in [7, 11) is 1.68. The monoisotopic (exact) mass is 165 g/mol. The van der Waals surface area contributed by atoms with Crippen molar-refractivity contribution < 1.29 is 4.39 Å².